The van der Waals surface area contributed by atoms with E-state index in [0.29, 0.717) is 0 Å². The van der Waals surface area contributed by atoms with Gasteiger partial charge in [0.15, 0.2) is 0 Å². The first-order valence-corrected chi connectivity index (χ1v) is 8.99. The predicted molar refractivity (Wildman–Crippen MR) is 111 cm³/mol. The van der Waals surface area contributed by atoms with Crippen molar-refractivity contribution in [2.75, 3.05) is 0 Å². The van der Waals surface area contributed by atoms with Crippen LogP contribution in [0, 0.1) is 13.8 Å². The fraction of sp³-hybridized carbons (Fsp3) is 0.120. The van der Waals surface area contributed by atoms with Crippen LogP contribution in [-0.2, 0) is 0 Å². The molecule has 0 atom stereocenters. The van der Waals surface area contributed by atoms with Gasteiger partial charge in [-0.05, 0) is 61.2 Å². The number of fused-ring (bicyclic) bond motifs is 1. The third kappa shape index (κ3) is 2.97. The van der Waals surface area contributed by atoms with E-state index < -0.39 is 0 Å². The molecule has 26 heavy (non-hydrogen) atoms. The summed E-state index contributed by atoms with van der Waals surface area (Å²) in [7, 11) is 0. The van der Waals surface area contributed by atoms with Crippen molar-refractivity contribution >= 4 is 17.0 Å². The highest BCUT2D eigenvalue weighted by molar-refractivity contribution is 5.91. The Morgan fingerprint density at radius 2 is 1.38 bits per heavy atom. The summed E-state index contributed by atoms with van der Waals surface area (Å²) in [5.74, 6) is 0.962. The maximum atomic E-state index is 5.99. The zero-order valence-corrected chi connectivity index (χ0v) is 15.4. The number of hydrogen-bond acceptors (Lipinski definition) is 1. The Kier molecular flexibility index (Phi) is 4.22. The fourth-order valence-corrected chi connectivity index (χ4v) is 3.50. The standard InChI is InChI=1S/C25H22O/c1-4-7-23-18(3)26-25-16-22(12-13-24(23)25)21-11-6-10-20(15-21)19-9-5-8-17(2)14-19/h4-16H,1-3H3/b7-4-. The highest BCUT2D eigenvalue weighted by Crippen LogP contribution is 2.32. The van der Waals surface area contributed by atoms with Crippen molar-refractivity contribution in [1.82, 2.24) is 0 Å². The number of benzene rings is 3. The zero-order valence-electron chi connectivity index (χ0n) is 15.4. The van der Waals surface area contributed by atoms with Crippen molar-refractivity contribution < 1.29 is 4.42 Å². The molecule has 0 aliphatic rings. The highest BCUT2D eigenvalue weighted by atomic mass is 16.3. The maximum Gasteiger partial charge on any atom is 0.135 e. The molecule has 0 N–H and O–H groups in total. The van der Waals surface area contributed by atoms with Gasteiger partial charge in [-0.15, -0.1) is 0 Å². The van der Waals surface area contributed by atoms with Crippen molar-refractivity contribution in [2.24, 2.45) is 0 Å². The van der Waals surface area contributed by atoms with E-state index in [1.807, 2.05) is 13.8 Å². The second-order valence-corrected chi connectivity index (χ2v) is 6.73. The SMILES string of the molecule is C/C=C\c1c(C)oc2cc(-c3cccc(-c4cccc(C)c4)c3)ccc12. The Hall–Kier alpha value is -3.06. The number of rotatable bonds is 3. The van der Waals surface area contributed by atoms with Crippen molar-refractivity contribution in [3.8, 4) is 22.3 Å². The molecule has 0 radical (unpaired) electrons. The molecule has 0 unspecified atom stereocenters. The molecule has 3 aromatic carbocycles. The van der Waals surface area contributed by atoms with Gasteiger partial charge in [-0.3, -0.25) is 0 Å². The minimum Gasteiger partial charge on any atom is -0.461 e. The van der Waals surface area contributed by atoms with E-state index in [2.05, 4.69) is 85.8 Å². The highest BCUT2D eigenvalue weighted by Gasteiger charge is 2.10. The summed E-state index contributed by atoms with van der Waals surface area (Å²) < 4.78 is 5.99. The molecule has 1 aromatic heterocycles. The van der Waals surface area contributed by atoms with E-state index in [1.165, 1.54) is 38.8 Å². The Labute approximate surface area is 154 Å². The van der Waals surface area contributed by atoms with Crippen molar-refractivity contribution in [2.45, 2.75) is 20.8 Å². The van der Waals surface area contributed by atoms with Crippen LogP contribution in [0.5, 0.6) is 0 Å². The molecule has 0 fully saturated rings. The van der Waals surface area contributed by atoms with Gasteiger partial charge in [0.1, 0.15) is 11.3 Å². The molecule has 0 amide bonds. The summed E-state index contributed by atoms with van der Waals surface area (Å²) in [5, 5.41) is 1.17. The number of furan rings is 1. The van der Waals surface area contributed by atoms with E-state index in [0.717, 1.165) is 11.3 Å². The Balaban J connectivity index is 1.79. The fourth-order valence-electron chi connectivity index (χ4n) is 3.50. The smallest absolute Gasteiger partial charge is 0.135 e. The first-order chi connectivity index (χ1) is 12.7. The third-order valence-electron chi connectivity index (χ3n) is 4.79. The van der Waals surface area contributed by atoms with Gasteiger partial charge in [-0.25, -0.2) is 0 Å². The van der Waals surface area contributed by atoms with Crippen LogP contribution in [-0.4, -0.2) is 0 Å². The van der Waals surface area contributed by atoms with Crippen LogP contribution in [0.2, 0.25) is 0 Å². The summed E-state index contributed by atoms with van der Waals surface area (Å²) in [6.45, 7) is 6.18. The number of aryl methyl sites for hydroxylation is 2. The summed E-state index contributed by atoms with van der Waals surface area (Å²) >= 11 is 0. The Morgan fingerprint density at radius 3 is 2.08 bits per heavy atom. The second-order valence-electron chi connectivity index (χ2n) is 6.73. The third-order valence-corrected chi connectivity index (χ3v) is 4.79. The molecule has 0 aliphatic carbocycles. The van der Waals surface area contributed by atoms with Gasteiger partial charge in [0.05, 0.1) is 0 Å². The number of allylic oxidation sites excluding steroid dienone is 1. The summed E-state index contributed by atoms with van der Waals surface area (Å²) in [4.78, 5) is 0. The molecule has 0 saturated heterocycles. The monoisotopic (exact) mass is 338 g/mol. The lowest BCUT2D eigenvalue weighted by molar-refractivity contribution is 0.577. The first-order valence-electron chi connectivity index (χ1n) is 8.99. The van der Waals surface area contributed by atoms with Crippen LogP contribution >= 0.6 is 0 Å². The lowest BCUT2D eigenvalue weighted by Crippen LogP contribution is -1.82. The maximum absolute atomic E-state index is 5.99. The summed E-state index contributed by atoms with van der Waals surface area (Å²) in [6, 6.07) is 23.8. The molecule has 4 aromatic rings. The van der Waals surface area contributed by atoms with Crippen LogP contribution in [0.4, 0.5) is 0 Å². The van der Waals surface area contributed by atoms with Crippen molar-refractivity contribution in [3.63, 3.8) is 0 Å². The van der Waals surface area contributed by atoms with Gasteiger partial charge in [0.2, 0.25) is 0 Å². The van der Waals surface area contributed by atoms with Crippen molar-refractivity contribution in [1.29, 1.82) is 0 Å². The molecule has 1 heterocycles. The minimum atomic E-state index is 0.939. The van der Waals surface area contributed by atoms with E-state index in [4.69, 9.17) is 4.42 Å². The van der Waals surface area contributed by atoms with Gasteiger partial charge >= 0.3 is 0 Å². The molecule has 128 valence electrons. The lowest BCUT2D eigenvalue weighted by atomic mass is 9.97. The zero-order chi connectivity index (χ0) is 18.1. The van der Waals surface area contributed by atoms with E-state index in [-0.39, 0.29) is 0 Å². The average molecular weight is 338 g/mol. The lowest BCUT2D eigenvalue weighted by Gasteiger charge is -2.07. The normalized spacial score (nSPS) is 11.5. The molecule has 0 spiro atoms. The molecule has 1 nitrogen and oxygen atoms in total. The van der Waals surface area contributed by atoms with Gasteiger partial charge in [0, 0.05) is 10.9 Å². The largest absolute Gasteiger partial charge is 0.461 e. The molecule has 0 bridgehead atoms. The predicted octanol–water partition coefficient (Wildman–Crippen LogP) is 7.42. The van der Waals surface area contributed by atoms with Crippen LogP contribution in [0.25, 0.3) is 39.3 Å². The van der Waals surface area contributed by atoms with E-state index in [9.17, 15) is 0 Å². The van der Waals surface area contributed by atoms with Gasteiger partial charge in [-0.1, -0.05) is 66.2 Å². The summed E-state index contributed by atoms with van der Waals surface area (Å²) in [5.41, 5.74) is 8.24. The van der Waals surface area contributed by atoms with Gasteiger partial charge < -0.3 is 4.42 Å². The molecule has 4 rings (SSSR count). The van der Waals surface area contributed by atoms with Crippen LogP contribution in [0.1, 0.15) is 23.8 Å². The van der Waals surface area contributed by atoms with Crippen molar-refractivity contribution in [3.05, 3.63) is 89.7 Å². The topological polar surface area (TPSA) is 13.1 Å². The first kappa shape index (κ1) is 16.4. The minimum absolute atomic E-state index is 0.939. The van der Waals surface area contributed by atoms with E-state index >= 15 is 0 Å². The number of hydrogen-bond donors (Lipinski definition) is 0. The quantitative estimate of drug-likeness (QED) is 0.379. The van der Waals surface area contributed by atoms with E-state index in [1.54, 1.807) is 0 Å². The summed E-state index contributed by atoms with van der Waals surface area (Å²) in [6.07, 6.45) is 4.16. The molecular formula is C25H22O. The second kappa shape index (κ2) is 6.68. The van der Waals surface area contributed by atoms with Crippen LogP contribution < -0.4 is 0 Å². The molecular weight excluding hydrogens is 316 g/mol. The van der Waals surface area contributed by atoms with Gasteiger partial charge in [0.25, 0.3) is 0 Å². The molecule has 0 aliphatic heterocycles. The Morgan fingerprint density at radius 1 is 0.731 bits per heavy atom. The Bertz CT molecular complexity index is 1110. The van der Waals surface area contributed by atoms with Gasteiger partial charge in [-0.2, -0.15) is 0 Å². The molecule has 0 saturated carbocycles. The molecule has 1 heteroatoms. The van der Waals surface area contributed by atoms with Crippen LogP contribution in [0.15, 0.2) is 77.2 Å². The average Bonchev–Trinajstić information content (AvgIpc) is 2.97. The van der Waals surface area contributed by atoms with Crippen LogP contribution in [0.3, 0.4) is 0 Å².